The highest BCUT2D eigenvalue weighted by Crippen LogP contribution is 2.24. The third kappa shape index (κ3) is 2.30. The summed E-state index contributed by atoms with van der Waals surface area (Å²) in [6, 6.07) is 1.03. The van der Waals surface area contributed by atoms with Gasteiger partial charge in [-0.15, -0.1) is 0 Å². The Morgan fingerprint density at radius 2 is 2.14 bits per heavy atom. The zero-order valence-electron chi connectivity index (χ0n) is 6.48. The summed E-state index contributed by atoms with van der Waals surface area (Å²) in [4.78, 5) is 23.5. The maximum atomic E-state index is 12.4. The van der Waals surface area contributed by atoms with Gasteiger partial charge in [-0.25, -0.2) is 8.78 Å². The van der Waals surface area contributed by atoms with Crippen LogP contribution in [0.3, 0.4) is 0 Å². The second-order valence-electron chi connectivity index (χ2n) is 2.34. The number of alkyl halides is 2. The third-order valence-electron chi connectivity index (χ3n) is 1.44. The molecule has 0 aromatic carbocycles. The minimum atomic E-state index is -2.94. The molecule has 1 aromatic heterocycles. The first-order chi connectivity index (χ1) is 6.43. The van der Waals surface area contributed by atoms with Gasteiger partial charge in [0.15, 0.2) is 0 Å². The van der Waals surface area contributed by atoms with Gasteiger partial charge in [-0.3, -0.25) is 9.59 Å². The molecule has 0 atom stereocenters. The topological polar surface area (TPSA) is 49.9 Å². The highest BCUT2D eigenvalue weighted by molar-refractivity contribution is 14.1. The van der Waals surface area contributed by atoms with Crippen LogP contribution in [0.25, 0.3) is 0 Å². The molecular formula is C7H3ClF2INO2. The number of nitrogens with one attached hydrogen (secondary N) is 1. The zero-order chi connectivity index (χ0) is 10.9. The molecule has 0 aliphatic rings. The average molecular weight is 333 g/mol. The van der Waals surface area contributed by atoms with E-state index in [1.54, 1.807) is 22.6 Å². The van der Waals surface area contributed by atoms with Gasteiger partial charge in [0, 0.05) is 9.64 Å². The Morgan fingerprint density at radius 1 is 1.57 bits per heavy atom. The van der Waals surface area contributed by atoms with Crippen LogP contribution < -0.4 is 5.56 Å². The van der Waals surface area contributed by atoms with Crippen molar-refractivity contribution in [1.82, 2.24) is 4.98 Å². The molecule has 0 saturated heterocycles. The lowest BCUT2D eigenvalue weighted by molar-refractivity contribution is 0.106. The summed E-state index contributed by atoms with van der Waals surface area (Å²) in [6.45, 7) is 0. The molecule has 7 heteroatoms. The highest BCUT2D eigenvalue weighted by atomic mass is 127. The molecule has 1 heterocycles. The number of aromatic nitrogens is 1. The molecule has 0 radical (unpaired) electrons. The lowest BCUT2D eigenvalue weighted by atomic mass is 10.2. The SMILES string of the molecule is O=C(Cl)c1c(I)cc(=O)[nH]c1C(F)F. The first-order valence-electron chi connectivity index (χ1n) is 3.34. The number of hydrogen-bond acceptors (Lipinski definition) is 2. The number of H-pyrrole nitrogens is 1. The number of rotatable bonds is 2. The van der Waals surface area contributed by atoms with E-state index in [1.165, 1.54) is 0 Å². The van der Waals surface area contributed by atoms with Crippen LogP contribution in [0.4, 0.5) is 8.78 Å². The molecule has 0 spiro atoms. The van der Waals surface area contributed by atoms with Crippen molar-refractivity contribution in [2.24, 2.45) is 0 Å². The fourth-order valence-electron chi connectivity index (χ4n) is 0.911. The summed E-state index contributed by atoms with van der Waals surface area (Å²) in [5.41, 5.74) is -1.77. The molecule has 0 aliphatic heterocycles. The predicted octanol–water partition coefficient (Wildman–Crippen LogP) is 2.30. The van der Waals surface area contributed by atoms with Gasteiger partial charge in [-0.05, 0) is 34.2 Å². The molecule has 14 heavy (non-hydrogen) atoms. The first-order valence-corrected chi connectivity index (χ1v) is 4.80. The smallest absolute Gasteiger partial charge is 0.279 e. The Kier molecular flexibility index (Phi) is 3.59. The first kappa shape index (κ1) is 11.6. The highest BCUT2D eigenvalue weighted by Gasteiger charge is 2.21. The van der Waals surface area contributed by atoms with Gasteiger partial charge >= 0.3 is 0 Å². The van der Waals surface area contributed by atoms with Gasteiger partial charge in [0.1, 0.15) is 0 Å². The van der Waals surface area contributed by atoms with Gasteiger partial charge in [0.05, 0.1) is 11.3 Å². The van der Waals surface area contributed by atoms with Crippen molar-refractivity contribution in [1.29, 1.82) is 0 Å². The van der Waals surface area contributed by atoms with E-state index >= 15 is 0 Å². The van der Waals surface area contributed by atoms with E-state index in [9.17, 15) is 18.4 Å². The average Bonchev–Trinajstić information content (AvgIpc) is 2.01. The number of pyridine rings is 1. The van der Waals surface area contributed by atoms with E-state index < -0.39 is 22.9 Å². The fourth-order valence-corrected chi connectivity index (χ4v) is 2.09. The third-order valence-corrected chi connectivity index (χ3v) is 2.48. The van der Waals surface area contributed by atoms with Crippen LogP contribution in [0.1, 0.15) is 22.5 Å². The molecular weight excluding hydrogens is 330 g/mol. The fraction of sp³-hybridized carbons (Fsp3) is 0.143. The van der Waals surface area contributed by atoms with E-state index in [1.807, 2.05) is 4.98 Å². The van der Waals surface area contributed by atoms with Gasteiger partial charge in [0.2, 0.25) is 5.56 Å². The molecule has 1 aromatic rings. The number of carbonyl (C=O) groups is 1. The second-order valence-corrected chi connectivity index (χ2v) is 3.85. The number of carbonyl (C=O) groups excluding carboxylic acids is 1. The predicted molar refractivity (Wildman–Crippen MR) is 54.9 cm³/mol. The van der Waals surface area contributed by atoms with Crippen LogP contribution in [0.15, 0.2) is 10.9 Å². The summed E-state index contributed by atoms with van der Waals surface area (Å²) in [6.07, 6.45) is -2.94. The van der Waals surface area contributed by atoms with Crippen LogP contribution in [0.2, 0.25) is 0 Å². The number of halogens is 4. The Bertz CT molecular complexity index is 432. The summed E-state index contributed by atoms with van der Waals surface area (Å²) >= 11 is 6.71. The van der Waals surface area contributed by atoms with E-state index in [2.05, 4.69) is 0 Å². The van der Waals surface area contributed by atoms with Crippen molar-refractivity contribution in [3.8, 4) is 0 Å². The Labute approximate surface area is 95.6 Å². The minimum absolute atomic E-state index is 0.113. The van der Waals surface area contributed by atoms with Crippen molar-refractivity contribution in [2.75, 3.05) is 0 Å². The molecule has 0 aliphatic carbocycles. The second kappa shape index (κ2) is 4.35. The Balaban J connectivity index is 3.52. The molecule has 3 nitrogen and oxygen atoms in total. The molecule has 76 valence electrons. The maximum Gasteiger partial charge on any atom is 0.279 e. The van der Waals surface area contributed by atoms with Crippen molar-refractivity contribution >= 4 is 39.4 Å². The van der Waals surface area contributed by atoms with Gasteiger partial charge in [0.25, 0.3) is 11.7 Å². The molecule has 0 unspecified atom stereocenters. The summed E-state index contributed by atoms with van der Waals surface area (Å²) in [5, 5.41) is -1.01. The van der Waals surface area contributed by atoms with Gasteiger partial charge in [-0.2, -0.15) is 0 Å². The van der Waals surface area contributed by atoms with E-state index in [4.69, 9.17) is 11.6 Å². The van der Waals surface area contributed by atoms with Crippen molar-refractivity contribution in [2.45, 2.75) is 6.43 Å². The molecule has 0 saturated carbocycles. The van der Waals surface area contributed by atoms with Crippen LogP contribution in [0, 0.1) is 3.57 Å². The van der Waals surface area contributed by atoms with Gasteiger partial charge < -0.3 is 4.98 Å². The van der Waals surface area contributed by atoms with Crippen molar-refractivity contribution in [3.05, 3.63) is 31.2 Å². The molecule has 0 fully saturated rings. The van der Waals surface area contributed by atoms with Crippen molar-refractivity contribution < 1.29 is 13.6 Å². The zero-order valence-corrected chi connectivity index (χ0v) is 9.40. The van der Waals surface area contributed by atoms with Crippen LogP contribution >= 0.6 is 34.2 Å². The van der Waals surface area contributed by atoms with E-state index in [0.717, 1.165) is 6.07 Å². The molecule has 0 bridgehead atoms. The number of hydrogen-bond donors (Lipinski definition) is 1. The lowest BCUT2D eigenvalue weighted by Crippen LogP contribution is -2.14. The van der Waals surface area contributed by atoms with Crippen LogP contribution in [-0.4, -0.2) is 10.2 Å². The molecule has 1 rings (SSSR count). The summed E-state index contributed by atoms with van der Waals surface area (Å²) in [7, 11) is 0. The monoisotopic (exact) mass is 333 g/mol. The van der Waals surface area contributed by atoms with Crippen molar-refractivity contribution in [3.63, 3.8) is 0 Å². The van der Waals surface area contributed by atoms with Crippen LogP contribution in [-0.2, 0) is 0 Å². The normalized spacial score (nSPS) is 10.6. The summed E-state index contributed by atoms with van der Waals surface area (Å²) < 4.78 is 24.8. The number of aromatic amines is 1. The largest absolute Gasteiger partial charge is 0.320 e. The van der Waals surface area contributed by atoms with Gasteiger partial charge in [-0.1, -0.05) is 0 Å². The standard InChI is InChI=1S/C7H3ClF2INO2/c8-6(14)4-2(11)1-3(13)12-5(4)7(9)10/h1,7H,(H,12,13). The van der Waals surface area contributed by atoms with Crippen LogP contribution in [0.5, 0.6) is 0 Å². The summed E-state index contributed by atoms with van der Waals surface area (Å²) in [5.74, 6) is 0. The molecule has 0 amide bonds. The maximum absolute atomic E-state index is 12.4. The quantitative estimate of drug-likeness (QED) is 0.667. The van der Waals surface area contributed by atoms with E-state index in [-0.39, 0.29) is 9.13 Å². The Morgan fingerprint density at radius 3 is 2.57 bits per heavy atom. The minimum Gasteiger partial charge on any atom is -0.320 e. The van der Waals surface area contributed by atoms with E-state index in [0.29, 0.717) is 0 Å². The Hall–Kier alpha value is -0.500. The lowest BCUT2D eigenvalue weighted by Gasteiger charge is -2.05. The molecule has 1 N–H and O–H groups in total.